The number of aryl methyl sites for hydroxylation is 2. The summed E-state index contributed by atoms with van der Waals surface area (Å²) in [7, 11) is 0. The zero-order valence-electron chi connectivity index (χ0n) is 10.1. The van der Waals surface area contributed by atoms with E-state index in [1.54, 1.807) is 33.9 Å². The maximum Gasteiger partial charge on any atom is 0.423 e. The second kappa shape index (κ2) is 5.67. The van der Waals surface area contributed by atoms with Crippen molar-refractivity contribution in [2.45, 2.75) is 26.9 Å². The van der Waals surface area contributed by atoms with E-state index in [4.69, 9.17) is 8.37 Å². The van der Waals surface area contributed by atoms with Crippen LogP contribution in [0.1, 0.15) is 13.8 Å². The summed E-state index contributed by atoms with van der Waals surface area (Å²) in [4.78, 5) is 7.88. The molecule has 0 aliphatic heterocycles. The predicted molar refractivity (Wildman–Crippen MR) is 65.2 cm³/mol. The minimum atomic E-state index is -1.97. The third-order valence-corrected chi connectivity index (χ3v) is 2.89. The third kappa shape index (κ3) is 2.70. The average Bonchev–Trinajstić information content (AvgIpc) is 2.97. The van der Waals surface area contributed by atoms with Crippen LogP contribution in [0.25, 0.3) is 0 Å². The van der Waals surface area contributed by atoms with Crippen molar-refractivity contribution < 1.29 is 12.6 Å². The summed E-state index contributed by atoms with van der Waals surface area (Å²) in [6.07, 6.45) is 6.62. The van der Waals surface area contributed by atoms with E-state index < -0.39 is 11.4 Å². The van der Waals surface area contributed by atoms with Gasteiger partial charge in [0.2, 0.25) is 0 Å². The lowest BCUT2D eigenvalue weighted by atomic mass is 10.7. The Morgan fingerprint density at radius 1 is 1.06 bits per heavy atom. The van der Waals surface area contributed by atoms with E-state index in [0.717, 1.165) is 0 Å². The topological polar surface area (TPSA) is 71.2 Å². The highest BCUT2D eigenvalue weighted by Gasteiger charge is 2.13. The van der Waals surface area contributed by atoms with Crippen LogP contribution in [0.3, 0.4) is 0 Å². The predicted octanol–water partition coefficient (Wildman–Crippen LogP) is 1.16. The van der Waals surface area contributed by atoms with Crippen molar-refractivity contribution in [1.29, 1.82) is 0 Å². The minimum absolute atomic E-state index is 0.255. The van der Waals surface area contributed by atoms with Crippen molar-refractivity contribution in [2.75, 3.05) is 0 Å². The van der Waals surface area contributed by atoms with Gasteiger partial charge >= 0.3 is 23.4 Å². The molecular formula is C10H14N4O3S. The van der Waals surface area contributed by atoms with Crippen LogP contribution in [-0.2, 0) is 24.5 Å². The molecule has 0 saturated carbocycles. The fourth-order valence-corrected chi connectivity index (χ4v) is 1.94. The maximum atomic E-state index is 11.7. The van der Waals surface area contributed by atoms with Crippen LogP contribution in [0.4, 0.5) is 0 Å². The summed E-state index contributed by atoms with van der Waals surface area (Å²) in [5.74, 6) is 0. The first-order chi connectivity index (χ1) is 8.74. The van der Waals surface area contributed by atoms with E-state index in [9.17, 15) is 4.21 Å². The molecule has 7 nitrogen and oxygen atoms in total. The molecule has 0 saturated heterocycles. The number of aromatic nitrogens is 4. The Balaban J connectivity index is 2.01. The molecular weight excluding hydrogens is 256 g/mol. The SMILES string of the molecule is CCn1ccnc1OS(=O)Oc1nccn1CC. The molecule has 2 aromatic heterocycles. The minimum Gasteiger partial charge on any atom is -0.333 e. The van der Waals surface area contributed by atoms with Crippen LogP contribution in [-0.4, -0.2) is 23.3 Å². The molecule has 0 aliphatic rings. The lowest BCUT2D eigenvalue weighted by Crippen LogP contribution is -2.13. The highest BCUT2D eigenvalue weighted by atomic mass is 32.2. The molecule has 0 bridgehead atoms. The van der Waals surface area contributed by atoms with Crippen LogP contribution in [0.5, 0.6) is 12.0 Å². The van der Waals surface area contributed by atoms with Gasteiger partial charge in [0.1, 0.15) is 0 Å². The van der Waals surface area contributed by atoms with Crippen LogP contribution < -0.4 is 8.37 Å². The first-order valence-electron chi connectivity index (χ1n) is 5.55. The van der Waals surface area contributed by atoms with Crippen LogP contribution in [0, 0.1) is 0 Å². The number of rotatable bonds is 6. The van der Waals surface area contributed by atoms with Gasteiger partial charge in [-0.3, -0.25) is 0 Å². The van der Waals surface area contributed by atoms with Crippen molar-refractivity contribution in [3.63, 3.8) is 0 Å². The van der Waals surface area contributed by atoms with Crippen molar-refractivity contribution in [3.8, 4) is 12.0 Å². The fourth-order valence-electron chi connectivity index (χ4n) is 1.39. The van der Waals surface area contributed by atoms with Gasteiger partial charge in [0.25, 0.3) is 0 Å². The number of hydrogen-bond donors (Lipinski definition) is 0. The van der Waals surface area contributed by atoms with E-state index in [1.807, 2.05) is 13.8 Å². The lowest BCUT2D eigenvalue weighted by molar-refractivity contribution is 0.405. The molecule has 2 aromatic rings. The molecule has 0 radical (unpaired) electrons. The number of nitrogens with zero attached hydrogens (tertiary/aromatic N) is 4. The van der Waals surface area contributed by atoms with Gasteiger partial charge < -0.3 is 17.5 Å². The Hall–Kier alpha value is -1.83. The van der Waals surface area contributed by atoms with Gasteiger partial charge in [-0.25, -0.2) is 9.97 Å². The molecule has 0 atom stereocenters. The van der Waals surface area contributed by atoms with Crippen LogP contribution in [0.2, 0.25) is 0 Å². The Bertz CT molecular complexity index is 490. The molecule has 98 valence electrons. The summed E-state index contributed by atoms with van der Waals surface area (Å²) >= 11 is -1.97. The molecule has 18 heavy (non-hydrogen) atoms. The van der Waals surface area contributed by atoms with Gasteiger partial charge in [0.05, 0.1) is 0 Å². The Labute approximate surface area is 107 Å². The number of hydrogen-bond acceptors (Lipinski definition) is 5. The molecule has 0 aliphatic carbocycles. The zero-order valence-corrected chi connectivity index (χ0v) is 11.0. The zero-order chi connectivity index (χ0) is 13.0. The third-order valence-electron chi connectivity index (χ3n) is 2.32. The molecule has 0 fully saturated rings. The first-order valence-corrected chi connectivity index (χ1v) is 6.55. The highest BCUT2D eigenvalue weighted by Crippen LogP contribution is 2.12. The van der Waals surface area contributed by atoms with Gasteiger partial charge in [0, 0.05) is 37.9 Å². The summed E-state index contributed by atoms with van der Waals surface area (Å²) in [6, 6.07) is 0.510. The van der Waals surface area contributed by atoms with Gasteiger partial charge in [-0.15, -0.1) is 0 Å². The van der Waals surface area contributed by atoms with Gasteiger partial charge in [-0.05, 0) is 13.8 Å². The summed E-state index contributed by atoms with van der Waals surface area (Å²) in [5, 5.41) is 0. The van der Waals surface area contributed by atoms with Crippen molar-refractivity contribution >= 4 is 11.4 Å². The molecule has 0 spiro atoms. The van der Waals surface area contributed by atoms with Crippen molar-refractivity contribution in [2.24, 2.45) is 0 Å². The second-order valence-electron chi connectivity index (χ2n) is 3.36. The van der Waals surface area contributed by atoms with Crippen LogP contribution >= 0.6 is 0 Å². The normalized spacial score (nSPS) is 10.8. The monoisotopic (exact) mass is 270 g/mol. The molecule has 0 N–H and O–H groups in total. The summed E-state index contributed by atoms with van der Waals surface area (Å²) in [5.41, 5.74) is 0. The summed E-state index contributed by atoms with van der Waals surface area (Å²) < 4.78 is 25.3. The molecule has 8 heteroatoms. The van der Waals surface area contributed by atoms with Crippen molar-refractivity contribution in [3.05, 3.63) is 24.8 Å². The lowest BCUT2D eigenvalue weighted by Gasteiger charge is -2.06. The Morgan fingerprint density at radius 2 is 1.50 bits per heavy atom. The van der Waals surface area contributed by atoms with E-state index >= 15 is 0 Å². The van der Waals surface area contributed by atoms with E-state index in [2.05, 4.69) is 9.97 Å². The second-order valence-corrected chi connectivity index (χ2v) is 4.10. The quantitative estimate of drug-likeness (QED) is 0.787. The standard InChI is InChI=1S/C10H14N4O3S/c1-3-13-7-5-11-9(13)16-18(15)17-10-12-6-8-14(10)4-2/h5-8H,3-4H2,1-2H3. The van der Waals surface area contributed by atoms with E-state index in [-0.39, 0.29) is 12.0 Å². The molecule has 0 amide bonds. The highest BCUT2D eigenvalue weighted by molar-refractivity contribution is 7.75. The Kier molecular flexibility index (Phi) is 3.98. The molecule has 2 rings (SSSR count). The molecule has 0 unspecified atom stereocenters. The fraction of sp³-hybridized carbons (Fsp3) is 0.400. The smallest absolute Gasteiger partial charge is 0.333 e. The maximum absolute atomic E-state index is 11.7. The van der Waals surface area contributed by atoms with Crippen molar-refractivity contribution in [1.82, 2.24) is 19.1 Å². The summed E-state index contributed by atoms with van der Waals surface area (Å²) in [6.45, 7) is 5.22. The van der Waals surface area contributed by atoms with Gasteiger partial charge in [-0.1, -0.05) is 0 Å². The van der Waals surface area contributed by atoms with E-state index in [1.165, 1.54) is 0 Å². The first kappa shape index (κ1) is 12.6. The van der Waals surface area contributed by atoms with E-state index in [0.29, 0.717) is 13.1 Å². The van der Waals surface area contributed by atoms with Gasteiger partial charge in [-0.2, -0.15) is 4.21 Å². The van der Waals surface area contributed by atoms with Crippen LogP contribution in [0.15, 0.2) is 24.8 Å². The Morgan fingerprint density at radius 3 is 1.89 bits per heavy atom. The molecule has 0 aromatic carbocycles. The number of imidazole rings is 2. The average molecular weight is 270 g/mol. The largest absolute Gasteiger partial charge is 0.423 e. The molecule has 2 heterocycles. The van der Waals surface area contributed by atoms with Gasteiger partial charge in [0.15, 0.2) is 0 Å².